The molecular weight excluding hydrogens is 266 g/mol. The summed E-state index contributed by atoms with van der Waals surface area (Å²) in [7, 11) is 1.49. The van der Waals surface area contributed by atoms with Crippen LogP contribution in [0.4, 0.5) is 11.4 Å². The summed E-state index contributed by atoms with van der Waals surface area (Å²) in [6, 6.07) is 3.72. The number of anilines is 1. The molecule has 0 fully saturated rings. The summed E-state index contributed by atoms with van der Waals surface area (Å²) in [5.74, 6) is -1.22. The van der Waals surface area contributed by atoms with E-state index in [9.17, 15) is 19.7 Å². The third kappa shape index (κ3) is 3.67. The smallest absolute Gasteiger partial charge is 0.325 e. The van der Waals surface area contributed by atoms with Crippen molar-refractivity contribution in [2.45, 2.75) is 6.92 Å². The van der Waals surface area contributed by atoms with Crippen LogP contribution in [0.2, 0.25) is 0 Å². The Morgan fingerprint density at radius 2 is 2.10 bits per heavy atom. The van der Waals surface area contributed by atoms with Crippen molar-refractivity contribution in [2.75, 3.05) is 25.1 Å². The van der Waals surface area contributed by atoms with Gasteiger partial charge in [0.2, 0.25) is 5.91 Å². The summed E-state index contributed by atoms with van der Waals surface area (Å²) in [4.78, 5) is 34.2. The lowest BCUT2D eigenvalue weighted by Gasteiger charge is -2.18. The zero-order valence-electron chi connectivity index (χ0n) is 11.2. The van der Waals surface area contributed by atoms with Gasteiger partial charge in [-0.05, 0) is 19.1 Å². The molecule has 0 aliphatic rings. The Kier molecular flexibility index (Phi) is 5.01. The molecule has 108 valence electrons. The lowest BCUT2D eigenvalue weighted by atomic mass is 10.1. The number of primary amides is 1. The average molecular weight is 281 g/mol. The molecule has 0 aliphatic carbocycles. The van der Waals surface area contributed by atoms with Gasteiger partial charge in [-0.1, -0.05) is 0 Å². The monoisotopic (exact) mass is 281 g/mol. The standard InChI is InChI=1S/C12H15N3O5/c1-3-20-11(16)7-14(2)10-6-8(12(13)17)4-5-9(10)15(18)19/h4-6H,3,7H2,1-2H3,(H2,13,17). The van der Waals surface area contributed by atoms with Crippen molar-refractivity contribution >= 4 is 23.3 Å². The van der Waals surface area contributed by atoms with Crippen LogP contribution < -0.4 is 10.6 Å². The van der Waals surface area contributed by atoms with E-state index in [1.54, 1.807) is 6.92 Å². The minimum absolute atomic E-state index is 0.124. The quantitative estimate of drug-likeness (QED) is 0.466. The molecule has 8 nitrogen and oxygen atoms in total. The zero-order chi connectivity index (χ0) is 15.3. The van der Waals surface area contributed by atoms with Crippen molar-refractivity contribution in [3.8, 4) is 0 Å². The summed E-state index contributed by atoms with van der Waals surface area (Å²) >= 11 is 0. The molecule has 0 aromatic heterocycles. The fourth-order valence-electron chi connectivity index (χ4n) is 1.62. The Bertz CT molecular complexity index is 544. The molecule has 0 aliphatic heterocycles. The fraction of sp³-hybridized carbons (Fsp3) is 0.333. The Balaban J connectivity index is 3.11. The maximum Gasteiger partial charge on any atom is 0.325 e. The minimum atomic E-state index is -0.703. The number of esters is 1. The molecule has 0 atom stereocenters. The van der Waals surface area contributed by atoms with E-state index in [1.807, 2.05) is 0 Å². The number of benzene rings is 1. The molecule has 0 saturated carbocycles. The van der Waals surface area contributed by atoms with Gasteiger partial charge in [0.25, 0.3) is 5.69 Å². The largest absolute Gasteiger partial charge is 0.465 e. The minimum Gasteiger partial charge on any atom is -0.465 e. The summed E-state index contributed by atoms with van der Waals surface area (Å²) in [6.07, 6.45) is 0. The van der Waals surface area contributed by atoms with Gasteiger partial charge in [-0.2, -0.15) is 0 Å². The van der Waals surface area contributed by atoms with Gasteiger partial charge in [0.05, 0.1) is 11.5 Å². The number of carbonyl (C=O) groups is 2. The van der Waals surface area contributed by atoms with Crippen LogP contribution in [0.5, 0.6) is 0 Å². The molecule has 8 heteroatoms. The molecule has 0 saturated heterocycles. The third-order valence-electron chi connectivity index (χ3n) is 2.54. The van der Waals surface area contributed by atoms with Crippen LogP contribution in [0, 0.1) is 10.1 Å². The molecule has 0 heterocycles. The molecule has 0 bridgehead atoms. The number of nitro groups is 1. The fourth-order valence-corrected chi connectivity index (χ4v) is 1.62. The van der Waals surface area contributed by atoms with E-state index in [1.165, 1.54) is 30.1 Å². The predicted molar refractivity (Wildman–Crippen MR) is 71.5 cm³/mol. The molecule has 2 N–H and O–H groups in total. The van der Waals surface area contributed by atoms with E-state index in [2.05, 4.69) is 0 Å². The van der Waals surface area contributed by atoms with Crippen LogP contribution in [0.1, 0.15) is 17.3 Å². The second kappa shape index (κ2) is 6.50. The summed E-state index contributed by atoms with van der Waals surface area (Å²) in [5.41, 5.74) is 5.17. The number of hydrogen-bond acceptors (Lipinski definition) is 6. The number of amides is 1. The van der Waals surface area contributed by atoms with Crippen molar-refractivity contribution in [3.63, 3.8) is 0 Å². The predicted octanol–water partition coefficient (Wildman–Crippen LogP) is 0.693. The van der Waals surface area contributed by atoms with E-state index in [-0.39, 0.29) is 30.1 Å². The van der Waals surface area contributed by atoms with Crippen molar-refractivity contribution in [1.82, 2.24) is 0 Å². The van der Waals surface area contributed by atoms with Gasteiger partial charge in [0, 0.05) is 18.7 Å². The van der Waals surface area contributed by atoms with Crippen molar-refractivity contribution in [3.05, 3.63) is 33.9 Å². The first-order valence-corrected chi connectivity index (χ1v) is 5.81. The van der Waals surface area contributed by atoms with Gasteiger partial charge in [0.1, 0.15) is 12.2 Å². The van der Waals surface area contributed by atoms with Crippen LogP contribution in [-0.4, -0.2) is 37.0 Å². The second-order valence-corrected chi connectivity index (χ2v) is 3.99. The number of hydrogen-bond donors (Lipinski definition) is 1. The highest BCUT2D eigenvalue weighted by Crippen LogP contribution is 2.28. The summed E-state index contributed by atoms with van der Waals surface area (Å²) in [6.45, 7) is 1.71. The van der Waals surface area contributed by atoms with Gasteiger partial charge in [-0.3, -0.25) is 19.7 Å². The first-order chi connectivity index (χ1) is 9.36. The maximum absolute atomic E-state index is 11.4. The van der Waals surface area contributed by atoms with Gasteiger partial charge < -0.3 is 15.4 Å². The van der Waals surface area contributed by atoms with Crippen LogP contribution in [0.25, 0.3) is 0 Å². The van der Waals surface area contributed by atoms with E-state index < -0.39 is 16.8 Å². The van der Waals surface area contributed by atoms with Crippen molar-refractivity contribution in [1.29, 1.82) is 0 Å². The molecule has 1 aromatic carbocycles. The molecule has 1 aromatic rings. The van der Waals surface area contributed by atoms with Crippen molar-refractivity contribution in [2.24, 2.45) is 5.73 Å². The Labute approximate surface area is 115 Å². The van der Waals surface area contributed by atoms with Crippen LogP contribution in [0.15, 0.2) is 18.2 Å². The van der Waals surface area contributed by atoms with Crippen molar-refractivity contribution < 1.29 is 19.2 Å². The van der Waals surface area contributed by atoms with E-state index in [4.69, 9.17) is 10.5 Å². The molecule has 20 heavy (non-hydrogen) atoms. The highest BCUT2D eigenvalue weighted by atomic mass is 16.6. The van der Waals surface area contributed by atoms with Gasteiger partial charge in [0.15, 0.2) is 0 Å². The van der Waals surface area contributed by atoms with E-state index in [0.29, 0.717) is 0 Å². The van der Waals surface area contributed by atoms with Crippen LogP contribution >= 0.6 is 0 Å². The number of ether oxygens (including phenoxy) is 1. The Morgan fingerprint density at radius 1 is 1.45 bits per heavy atom. The Morgan fingerprint density at radius 3 is 2.60 bits per heavy atom. The summed E-state index contributed by atoms with van der Waals surface area (Å²) in [5, 5.41) is 11.0. The first-order valence-electron chi connectivity index (χ1n) is 5.81. The normalized spacial score (nSPS) is 9.90. The number of nitro benzene ring substituents is 1. The maximum atomic E-state index is 11.4. The van der Waals surface area contributed by atoms with Gasteiger partial charge >= 0.3 is 5.97 Å². The number of rotatable bonds is 6. The van der Waals surface area contributed by atoms with E-state index in [0.717, 1.165) is 0 Å². The van der Waals surface area contributed by atoms with Gasteiger partial charge in [-0.15, -0.1) is 0 Å². The van der Waals surface area contributed by atoms with E-state index >= 15 is 0 Å². The molecule has 1 rings (SSSR count). The number of nitrogens with two attached hydrogens (primary N) is 1. The Hall–Kier alpha value is -2.64. The molecular formula is C12H15N3O5. The molecule has 0 unspecified atom stereocenters. The third-order valence-corrected chi connectivity index (χ3v) is 2.54. The highest BCUT2D eigenvalue weighted by molar-refractivity contribution is 5.95. The summed E-state index contributed by atoms with van der Waals surface area (Å²) < 4.78 is 4.77. The molecule has 1 amide bonds. The number of likely N-dealkylation sites (N-methyl/N-ethyl adjacent to an activating group) is 1. The lowest BCUT2D eigenvalue weighted by Crippen LogP contribution is -2.28. The molecule has 0 spiro atoms. The zero-order valence-corrected chi connectivity index (χ0v) is 11.2. The van der Waals surface area contributed by atoms with Gasteiger partial charge in [-0.25, -0.2) is 0 Å². The second-order valence-electron chi connectivity index (χ2n) is 3.99. The highest BCUT2D eigenvalue weighted by Gasteiger charge is 2.20. The number of nitrogens with zero attached hydrogens (tertiary/aromatic N) is 2. The first kappa shape index (κ1) is 15.4. The lowest BCUT2D eigenvalue weighted by molar-refractivity contribution is -0.384. The number of carbonyl (C=O) groups excluding carboxylic acids is 2. The topological polar surface area (TPSA) is 116 Å². The van der Waals surface area contributed by atoms with Crippen LogP contribution in [-0.2, 0) is 9.53 Å². The van der Waals surface area contributed by atoms with Crippen LogP contribution in [0.3, 0.4) is 0 Å². The molecule has 0 radical (unpaired) electrons. The SMILES string of the molecule is CCOC(=O)CN(C)c1cc(C(N)=O)ccc1[N+](=O)[O-]. The average Bonchev–Trinajstić information content (AvgIpc) is 2.37.